The van der Waals surface area contributed by atoms with Crippen molar-refractivity contribution in [2.24, 2.45) is 0 Å². The molecule has 0 saturated carbocycles. The van der Waals surface area contributed by atoms with Crippen LogP contribution in [-0.2, 0) is 6.42 Å². The van der Waals surface area contributed by atoms with Crippen molar-refractivity contribution in [1.82, 2.24) is 5.32 Å². The molecule has 1 heteroatoms. The van der Waals surface area contributed by atoms with E-state index in [-0.39, 0.29) is 0 Å². The third kappa shape index (κ3) is 5.58. The molecule has 1 rings (SSSR count). The summed E-state index contributed by atoms with van der Waals surface area (Å²) in [6, 6.07) is 8.89. The zero-order valence-corrected chi connectivity index (χ0v) is 10.1. The molecule has 0 fully saturated rings. The number of rotatable bonds is 7. The highest BCUT2D eigenvalue weighted by Crippen LogP contribution is 2.06. The molecule has 0 amide bonds. The van der Waals surface area contributed by atoms with Gasteiger partial charge in [0.15, 0.2) is 0 Å². The smallest absolute Gasteiger partial charge is 0.00488 e. The van der Waals surface area contributed by atoms with Crippen LogP contribution in [0.3, 0.4) is 0 Å². The van der Waals surface area contributed by atoms with Crippen LogP contribution in [0.4, 0.5) is 0 Å². The van der Waals surface area contributed by atoms with Gasteiger partial charge in [-0.2, -0.15) is 0 Å². The van der Waals surface area contributed by atoms with Crippen molar-refractivity contribution < 1.29 is 0 Å². The fourth-order valence-electron chi connectivity index (χ4n) is 1.64. The summed E-state index contributed by atoms with van der Waals surface area (Å²) in [5.74, 6) is 0. The van der Waals surface area contributed by atoms with E-state index < -0.39 is 0 Å². The Labute approximate surface area is 93.9 Å². The second kappa shape index (κ2) is 7.47. The molecule has 15 heavy (non-hydrogen) atoms. The zero-order chi connectivity index (χ0) is 10.9. The number of hydrogen-bond acceptors (Lipinski definition) is 1. The third-order valence-electron chi connectivity index (χ3n) is 2.62. The summed E-state index contributed by atoms with van der Waals surface area (Å²) in [6.07, 6.45) is 5.03. The Balaban J connectivity index is 2.07. The first-order valence-corrected chi connectivity index (χ1v) is 6.09. The highest BCUT2D eigenvalue weighted by atomic mass is 14.8. The lowest BCUT2D eigenvalue weighted by Gasteiger charge is -2.03. The summed E-state index contributed by atoms with van der Waals surface area (Å²) >= 11 is 0. The molecule has 0 atom stereocenters. The summed E-state index contributed by atoms with van der Waals surface area (Å²) in [5.41, 5.74) is 2.82. The topological polar surface area (TPSA) is 12.0 Å². The van der Waals surface area contributed by atoms with Crippen LogP contribution in [-0.4, -0.2) is 13.1 Å². The van der Waals surface area contributed by atoms with E-state index >= 15 is 0 Å². The normalized spacial score (nSPS) is 10.5. The molecule has 0 unspecified atom stereocenters. The number of benzene rings is 1. The van der Waals surface area contributed by atoms with Crippen LogP contribution >= 0.6 is 0 Å². The van der Waals surface area contributed by atoms with Crippen LogP contribution in [0, 0.1) is 6.92 Å². The van der Waals surface area contributed by atoms with Gasteiger partial charge >= 0.3 is 0 Å². The first-order valence-electron chi connectivity index (χ1n) is 6.09. The molecule has 1 aromatic rings. The summed E-state index contributed by atoms with van der Waals surface area (Å²) in [6.45, 7) is 6.67. The van der Waals surface area contributed by atoms with E-state index in [1.165, 1.54) is 43.4 Å². The molecule has 0 spiro atoms. The van der Waals surface area contributed by atoms with Crippen molar-refractivity contribution in [1.29, 1.82) is 0 Å². The highest BCUT2D eigenvalue weighted by Gasteiger charge is 1.93. The minimum absolute atomic E-state index is 1.16. The Morgan fingerprint density at radius 1 is 1.00 bits per heavy atom. The van der Waals surface area contributed by atoms with E-state index in [4.69, 9.17) is 0 Å². The lowest BCUT2D eigenvalue weighted by atomic mass is 10.1. The van der Waals surface area contributed by atoms with Crippen LogP contribution in [0.15, 0.2) is 24.3 Å². The van der Waals surface area contributed by atoms with Crippen molar-refractivity contribution >= 4 is 0 Å². The van der Waals surface area contributed by atoms with Crippen LogP contribution in [0.2, 0.25) is 0 Å². The van der Waals surface area contributed by atoms with E-state index in [0.717, 1.165) is 6.54 Å². The maximum atomic E-state index is 3.43. The molecule has 0 aliphatic carbocycles. The van der Waals surface area contributed by atoms with Crippen LogP contribution in [0.5, 0.6) is 0 Å². The van der Waals surface area contributed by atoms with E-state index in [1.807, 2.05) is 0 Å². The fourth-order valence-corrected chi connectivity index (χ4v) is 1.64. The van der Waals surface area contributed by atoms with Crippen molar-refractivity contribution in [3.8, 4) is 0 Å². The molecule has 84 valence electrons. The first kappa shape index (κ1) is 12.3. The minimum atomic E-state index is 1.16. The van der Waals surface area contributed by atoms with Gasteiger partial charge in [-0.15, -0.1) is 0 Å². The number of hydrogen-bond donors (Lipinski definition) is 1. The van der Waals surface area contributed by atoms with E-state index in [1.54, 1.807) is 0 Å². The molecule has 0 radical (unpaired) electrons. The van der Waals surface area contributed by atoms with E-state index in [9.17, 15) is 0 Å². The number of nitrogens with one attached hydrogen (secondary N) is 1. The summed E-state index contributed by atoms with van der Waals surface area (Å²) in [5, 5.41) is 3.43. The highest BCUT2D eigenvalue weighted by molar-refractivity contribution is 5.21. The molecule has 1 N–H and O–H groups in total. The Hall–Kier alpha value is -0.820. The standard InChI is InChI=1S/C14H23N/c1-3-11-15-12-5-4-6-14-9-7-13(2)8-10-14/h7-10,15H,3-6,11-12H2,1-2H3. The monoisotopic (exact) mass is 205 g/mol. The molecule has 0 aromatic heterocycles. The molecule has 0 aliphatic rings. The lowest BCUT2D eigenvalue weighted by molar-refractivity contribution is 0.617. The van der Waals surface area contributed by atoms with Crippen molar-refractivity contribution in [2.75, 3.05) is 13.1 Å². The Morgan fingerprint density at radius 2 is 1.73 bits per heavy atom. The van der Waals surface area contributed by atoms with Gasteiger partial charge in [0.05, 0.1) is 0 Å². The second-order valence-electron chi connectivity index (χ2n) is 4.19. The van der Waals surface area contributed by atoms with Gasteiger partial charge in [0.1, 0.15) is 0 Å². The predicted molar refractivity (Wildman–Crippen MR) is 67.3 cm³/mol. The SMILES string of the molecule is CCCNCCCCc1ccc(C)cc1. The molecule has 0 aliphatic heterocycles. The largest absolute Gasteiger partial charge is 0.317 e. The fraction of sp³-hybridized carbons (Fsp3) is 0.571. The average molecular weight is 205 g/mol. The van der Waals surface area contributed by atoms with Crippen molar-refractivity contribution in [3.63, 3.8) is 0 Å². The van der Waals surface area contributed by atoms with Gasteiger partial charge in [0.25, 0.3) is 0 Å². The van der Waals surface area contributed by atoms with E-state index in [0.29, 0.717) is 0 Å². The summed E-state index contributed by atoms with van der Waals surface area (Å²) in [4.78, 5) is 0. The summed E-state index contributed by atoms with van der Waals surface area (Å²) in [7, 11) is 0. The average Bonchev–Trinajstić information content (AvgIpc) is 2.26. The quantitative estimate of drug-likeness (QED) is 0.673. The van der Waals surface area contributed by atoms with E-state index in [2.05, 4.69) is 43.4 Å². The maximum Gasteiger partial charge on any atom is -0.00488 e. The molecular weight excluding hydrogens is 182 g/mol. The molecule has 0 saturated heterocycles. The van der Waals surface area contributed by atoms with Crippen LogP contribution in [0.1, 0.15) is 37.3 Å². The summed E-state index contributed by atoms with van der Waals surface area (Å²) < 4.78 is 0. The van der Waals surface area contributed by atoms with Gasteiger partial charge < -0.3 is 5.32 Å². The molecule has 0 bridgehead atoms. The zero-order valence-electron chi connectivity index (χ0n) is 10.1. The Morgan fingerprint density at radius 3 is 2.40 bits per heavy atom. The van der Waals surface area contributed by atoms with Crippen molar-refractivity contribution in [3.05, 3.63) is 35.4 Å². The van der Waals surface area contributed by atoms with Gasteiger partial charge in [0.2, 0.25) is 0 Å². The number of aryl methyl sites for hydroxylation is 2. The van der Waals surface area contributed by atoms with Gasteiger partial charge in [-0.25, -0.2) is 0 Å². The Bertz CT molecular complexity index is 251. The third-order valence-corrected chi connectivity index (χ3v) is 2.62. The second-order valence-corrected chi connectivity index (χ2v) is 4.19. The van der Waals surface area contributed by atoms with Gasteiger partial charge in [-0.3, -0.25) is 0 Å². The predicted octanol–water partition coefficient (Wildman–Crippen LogP) is 3.32. The van der Waals surface area contributed by atoms with Gasteiger partial charge in [-0.05, 0) is 51.3 Å². The maximum absolute atomic E-state index is 3.43. The van der Waals surface area contributed by atoms with Crippen molar-refractivity contribution in [2.45, 2.75) is 39.5 Å². The van der Waals surface area contributed by atoms with Crippen LogP contribution < -0.4 is 5.32 Å². The molecule has 1 aromatic carbocycles. The first-order chi connectivity index (χ1) is 7.33. The van der Waals surface area contributed by atoms with Crippen LogP contribution in [0.25, 0.3) is 0 Å². The lowest BCUT2D eigenvalue weighted by Crippen LogP contribution is -2.15. The number of unbranched alkanes of at least 4 members (excludes halogenated alkanes) is 1. The van der Waals surface area contributed by atoms with Gasteiger partial charge in [0, 0.05) is 0 Å². The minimum Gasteiger partial charge on any atom is -0.317 e. The molecule has 1 nitrogen and oxygen atoms in total. The van der Waals surface area contributed by atoms with Gasteiger partial charge in [-0.1, -0.05) is 36.8 Å². The molecular formula is C14H23N. The Kier molecular flexibility index (Phi) is 6.10. The molecule has 0 heterocycles.